The largest absolute Gasteiger partial charge is 0.490 e. The summed E-state index contributed by atoms with van der Waals surface area (Å²) in [4.78, 5) is 7.84. The summed E-state index contributed by atoms with van der Waals surface area (Å²) >= 11 is 0. The van der Waals surface area contributed by atoms with E-state index in [2.05, 4.69) is 16.9 Å². The Bertz CT molecular complexity index is 290. The van der Waals surface area contributed by atoms with Crippen molar-refractivity contribution in [3.63, 3.8) is 0 Å². The second-order valence-electron chi connectivity index (χ2n) is 5.10. The lowest BCUT2D eigenvalue weighted by atomic mass is 10.1. The highest BCUT2D eigenvalue weighted by molar-refractivity contribution is 5.09. The summed E-state index contributed by atoms with van der Waals surface area (Å²) in [6.45, 7) is 3.05. The third-order valence-electron chi connectivity index (χ3n) is 3.30. The van der Waals surface area contributed by atoms with Crippen LogP contribution < -0.4 is 4.74 Å². The molecule has 0 atom stereocenters. The van der Waals surface area contributed by atoms with Crippen molar-refractivity contribution in [1.29, 1.82) is 0 Å². The van der Waals surface area contributed by atoms with Gasteiger partial charge in [-0.3, -0.25) is 0 Å². The molecule has 0 aliphatic rings. The van der Waals surface area contributed by atoms with Crippen LogP contribution in [-0.2, 0) is 0 Å². The fraction of sp³-hybridized carbons (Fsp3) is 0.750. The van der Waals surface area contributed by atoms with Gasteiger partial charge < -0.3 is 4.74 Å². The van der Waals surface area contributed by atoms with E-state index in [1.165, 1.54) is 64.1 Å². The molecule has 1 aromatic rings. The first-order valence-electron chi connectivity index (χ1n) is 7.81. The van der Waals surface area contributed by atoms with Crippen molar-refractivity contribution in [3.8, 4) is 5.75 Å². The average molecular weight is 264 g/mol. The van der Waals surface area contributed by atoms with Crippen molar-refractivity contribution in [1.82, 2.24) is 9.97 Å². The van der Waals surface area contributed by atoms with Gasteiger partial charge in [0.2, 0.25) is 0 Å². The van der Waals surface area contributed by atoms with Gasteiger partial charge in [-0.2, -0.15) is 0 Å². The number of hydrogen-bond donors (Lipinski definition) is 0. The summed E-state index contributed by atoms with van der Waals surface area (Å²) in [6.07, 6.45) is 18.5. The minimum Gasteiger partial charge on any atom is -0.490 e. The van der Waals surface area contributed by atoms with Crippen LogP contribution >= 0.6 is 0 Å². The summed E-state index contributed by atoms with van der Waals surface area (Å²) < 4.78 is 5.55. The van der Waals surface area contributed by atoms with E-state index in [1.54, 1.807) is 12.4 Å². The van der Waals surface area contributed by atoms with E-state index in [0.717, 1.165) is 18.8 Å². The molecule has 1 heterocycles. The SMILES string of the molecule is CCCCCCCCCCCCOc1cncnc1. The molecule has 0 bridgehead atoms. The molecule has 0 N–H and O–H groups in total. The molecule has 0 saturated carbocycles. The van der Waals surface area contributed by atoms with Gasteiger partial charge in [-0.15, -0.1) is 0 Å². The zero-order valence-electron chi connectivity index (χ0n) is 12.3. The molecule has 0 saturated heterocycles. The van der Waals surface area contributed by atoms with Crippen LogP contribution in [0.25, 0.3) is 0 Å². The van der Waals surface area contributed by atoms with Crippen molar-refractivity contribution in [2.75, 3.05) is 6.61 Å². The first-order chi connectivity index (χ1) is 9.43. The first kappa shape index (κ1) is 15.9. The van der Waals surface area contributed by atoms with Crippen LogP contribution in [0.1, 0.15) is 71.1 Å². The molecule has 0 amide bonds. The minimum atomic E-state index is 0.776. The molecule has 0 aliphatic heterocycles. The van der Waals surface area contributed by atoms with E-state index >= 15 is 0 Å². The zero-order chi connectivity index (χ0) is 13.6. The Morgan fingerprint density at radius 2 is 1.32 bits per heavy atom. The van der Waals surface area contributed by atoms with Crippen LogP contribution in [-0.4, -0.2) is 16.6 Å². The lowest BCUT2D eigenvalue weighted by Crippen LogP contribution is -1.97. The highest BCUT2D eigenvalue weighted by Crippen LogP contribution is 2.11. The van der Waals surface area contributed by atoms with Gasteiger partial charge in [-0.25, -0.2) is 9.97 Å². The summed E-state index contributed by atoms with van der Waals surface area (Å²) in [5.74, 6) is 0.776. The molecule has 3 nitrogen and oxygen atoms in total. The van der Waals surface area contributed by atoms with Gasteiger partial charge in [0.15, 0.2) is 5.75 Å². The minimum absolute atomic E-state index is 0.776. The van der Waals surface area contributed by atoms with E-state index < -0.39 is 0 Å². The monoisotopic (exact) mass is 264 g/mol. The molecule has 1 aromatic heterocycles. The Morgan fingerprint density at radius 1 is 0.789 bits per heavy atom. The molecule has 0 fully saturated rings. The Kier molecular flexibility index (Phi) is 10.0. The molecule has 0 spiro atoms. The summed E-state index contributed by atoms with van der Waals surface area (Å²) in [7, 11) is 0. The Labute approximate surface area is 117 Å². The first-order valence-corrected chi connectivity index (χ1v) is 7.81. The van der Waals surface area contributed by atoms with Gasteiger partial charge in [0.1, 0.15) is 6.33 Å². The topological polar surface area (TPSA) is 35.0 Å². The predicted molar refractivity (Wildman–Crippen MR) is 79.4 cm³/mol. The second-order valence-corrected chi connectivity index (χ2v) is 5.10. The van der Waals surface area contributed by atoms with E-state index in [-0.39, 0.29) is 0 Å². The lowest BCUT2D eigenvalue weighted by Gasteiger charge is -2.05. The van der Waals surface area contributed by atoms with Gasteiger partial charge in [0, 0.05) is 0 Å². The van der Waals surface area contributed by atoms with E-state index in [9.17, 15) is 0 Å². The number of rotatable bonds is 12. The lowest BCUT2D eigenvalue weighted by molar-refractivity contribution is 0.302. The van der Waals surface area contributed by atoms with Crippen molar-refractivity contribution < 1.29 is 4.74 Å². The zero-order valence-corrected chi connectivity index (χ0v) is 12.3. The van der Waals surface area contributed by atoms with Gasteiger partial charge in [-0.05, 0) is 6.42 Å². The quantitative estimate of drug-likeness (QED) is 0.510. The van der Waals surface area contributed by atoms with Gasteiger partial charge in [-0.1, -0.05) is 64.7 Å². The van der Waals surface area contributed by atoms with Crippen LogP contribution in [0.15, 0.2) is 18.7 Å². The van der Waals surface area contributed by atoms with E-state index in [1.807, 2.05) is 0 Å². The standard InChI is InChI=1S/C16H28N2O/c1-2-3-4-5-6-7-8-9-10-11-12-19-16-13-17-15-18-14-16/h13-15H,2-12H2,1H3. The molecule has 0 unspecified atom stereocenters. The maximum atomic E-state index is 5.55. The average Bonchev–Trinajstić information content (AvgIpc) is 2.46. The van der Waals surface area contributed by atoms with Gasteiger partial charge in [0.05, 0.1) is 19.0 Å². The van der Waals surface area contributed by atoms with Crippen molar-refractivity contribution in [3.05, 3.63) is 18.7 Å². The Hall–Kier alpha value is -1.12. The molecule has 3 heteroatoms. The second kappa shape index (κ2) is 11.9. The maximum absolute atomic E-state index is 5.55. The number of aromatic nitrogens is 2. The molecule has 19 heavy (non-hydrogen) atoms. The molecule has 108 valence electrons. The van der Waals surface area contributed by atoms with Crippen molar-refractivity contribution in [2.24, 2.45) is 0 Å². The van der Waals surface area contributed by atoms with Crippen LogP contribution in [0.5, 0.6) is 5.75 Å². The Morgan fingerprint density at radius 3 is 1.89 bits per heavy atom. The predicted octanol–water partition coefficient (Wildman–Crippen LogP) is 4.78. The third-order valence-corrected chi connectivity index (χ3v) is 3.30. The fourth-order valence-electron chi connectivity index (χ4n) is 2.14. The number of nitrogens with zero attached hydrogens (tertiary/aromatic N) is 2. The smallest absolute Gasteiger partial charge is 0.155 e. The fourth-order valence-corrected chi connectivity index (χ4v) is 2.14. The highest BCUT2D eigenvalue weighted by Gasteiger charge is 1.95. The molecular weight excluding hydrogens is 236 g/mol. The highest BCUT2D eigenvalue weighted by atomic mass is 16.5. The van der Waals surface area contributed by atoms with E-state index in [4.69, 9.17) is 4.74 Å². The van der Waals surface area contributed by atoms with E-state index in [0.29, 0.717) is 0 Å². The van der Waals surface area contributed by atoms with Crippen molar-refractivity contribution in [2.45, 2.75) is 71.1 Å². The number of unbranched alkanes of at least 4 members (excludes halogenated alkanes) is 9. The molecule has 0 aromatic carbocycles. The van der Waals surface area contributed by atoms with Crippen LogP contribution in [0.3, 0.4) is 0 Å². The van der Waals surface area contributed by atoms with Gasteiger partial charge >= 0.3 is 0 Å². The molecule has 0 radical (unpaired) electrons. The molecular formula is C16H28N2O. The normalized spacial score (nSPS) is 10.6. The van der Waals surface area contributed by atoms with Crippen molar-refractivity contribution >= 4 is 0 Å². The number of ether oxygens (including phenoxy) is 1. The van der Waals surface area contributed by atoms with Crippen LogP contribution in [0, 0.1) is 0 Å². The number of hydrogen-bond acceptors (Lipinski definition) is 3. The summed E-state index contributed by atoms with van der Waals surface area (Å²) in [5, 5.41) is 0. The van der Waals surface area contributed by atoms with Gasteiger partial charge in [0.25, 0.3) is 0 Å². The molecule has 1 rings (SSSR count). The third kappa shape index (κ3) is 9.46. The Balaban J connectivity index is 1.79. The summed E-state index contributed by atoms with van der Waals surface area (Å²) in [6, 6.07) is 0. The summed E-state index contributed by atoms with van der Waals surface area (Å²) in [5.41, 5.74) is 0. The van der Waals surface area contributed by atoms with Crippen LogP contribution in [0.4, 0.5) is 0 Å². The maximum Gasteiger partial charge on any atom is 0.155 e. The molecule has 0 aliphatic carbocycles. The van der Waals surface area contributed by atoms with Crippen LogP contribution in [0.2, 0.25) is 0 Å².